The van der Waals surface area contributed by atoms with Crippen molar-refractivity contribution in [3.8, 4) is 11.5 Å². The quantitative estimate of drug-likeness (QED) is 0.775. The largest absolute Gasteiger partial charge is 0.504 e. The second-order valence-corrected chi connectivity index (χ2v) is 3.44. The van der Waals surface area contributed by atoms with Gasteiger partial charge in [-0.3, -0.25) is 0 Å². The number of aliphatic hydroxyl groups excluding tert-OH is 1. The van der Waals surface area contributed by atoms with Crippen LogP contribution in [-0.2, 0) is 0 Å². The number of hydrogen-bond acceptors (Lipinski definition) is 3. The first kappa shape index (κ1) is 10.9. The molecule has 0 aromatic heterocycles. The number of hydrogen-bond donors (Lipinski definition) is 2. The van der Waals surface area contributed by atoms with Gasteiger partial charge in [0.1, 0.15) is 0 Å². The summed E-state index contributed by atoms with van der Waals surface area (Å²) in [5, 5.41) is 18.7. The highest BCUT2D eigenvalue weighted by molar-refractivity contribution is 5.51. The summed E-state index contributed by atoms with van der Waals surface area (Å²) in [6, 6.07) is 3.69. The summed E-state index contributed by atoms with van der Waals surface area (Å²) in [5.74, 6) is 0.591. The number of ether oxygens (including phenoxy) is 1. The number of benzene rings is 1. The summed E-state index contributed by atoms with van der Waals surface area (Å²) in [4.78, 5) is 0. The lowest BCUT2D eigenvalue weighted by molar-refractivity contribution is 0.268. The molecule has 78 valence electrons. The number of aromatic hydroxyl groups is 1. The minimum absolute atomic E-state index is 0.0311. The van der Waals surface area contributed by atoms with Gasteiger partial charge in [0.05, 0.1) is 7.11 Å². The van der Waals surface area contributed by atoms with E-state index in [1.807, 2.05) is 26.0 Å². The molecule has 0 spiro atoms. The molecule has 0 fully saturated rings. The summed E-state index contributed by atoms with van der Waals surface area (Å²) in [6.07, 6.45) is 0. The Labute approximate surface area is 84.0 Å². The molecule has 0 heterocycles. The SMILES string of the molecule is COc1c(C(C)CO)ccc(C)c1O. The summed E-state index contributed by atoms with van der Waals surface area (Å²) < 4.78 is 5.12. The highest BCUT2D eigenvalue weighted by Crippen LogP contribution is 2.36. The Morgan fingerprint density at radius 1 is 1.43 bits per heavy atom. The van der Waals surface area contributed by atoms with Crippen molar-refractivity contribution < 1.29 is 14.9 Å². The molecule has 0 aliphatic heterocycles. The van der Waals surface area contributed by atoms with Gasteiger partial charge in [-0.05, 0) is 12.5 Å². The monoisotopic (exact) mass is 196 g/mol. The minimum Gasteiger partial charge on any atom is -0.504 e. The lowest BCUT2D eigenvalue weighted by Crippen LogP contribution is -2.02. The minimum atomic E-state index is -0.0311. The number of rotatable bonds is 3. The summed E-state index contributed by atoms with van der Waals surface area (Å²) in [5.41, 5.74) is 1.61. The Morgan fingerprint density at radius 3 is 2.57 bits per heavy atom. The van der Waals surface area contributed by atoms with Crippen molar-refractivity contribution in [1.82, 2.24) is 0 Å². The Bertz CT molecular complexity index is 321. The Balaban J connectivity index is 3.23. The first-order valence-electron chi connectivity index (χ1n) is 4.59. The third-order valence-electron chi connectivity index (χ3n) is 2.37. The molecular formula is C11H16O3. The van der Waals surface area contributed by atoms with Crippen LogP contribution in [0.25, 0.3) is 0 Å². The number of phenolic OH excluding ortho intramolecular Hbond substituents is 1. The van der Waals surface area contributed by atoms with Crippen molar-refractivity contribution in [3.63, 3.8) is 0 Å². The van der Waals surface area contributed by atoms with Crippen LogP contribution in [0.3, 0.4) is 0 Å². The molecule has 0 aliphatic rings. The van der Waals surface area contributed by atoms with E-state index < -0.39 is 0 Å². The number of phenols is 1. The van der Waals surface area contributed by atoms with Gasteiger partial charge in [0, 0.05) is 18.1 Å². The Hall–Kier alpha value is -1.22. The van der Waals surface area contributed by atoms with Crippen molar-refractivity contribution in [2.24, 2.45) is 0 Å². The van der Waals surface area contributed by atoms with Crippen molar-refractivity contribution in [3.05, 3.63) is 23.3 Å². The van der Waals surface area contributed by atoms with Crippen LogP contribution in [0, 0.1) is 6.92 Å². The van der Waals surface area contributed by atoms with Crippen LogP contribution in [0.15, 0.2) is 12.1 Å². The van der Waals surface area contributed by atoms with Crippen LogP contribution in [0.1, 0.15) is 24.0 Å². The molecule has 0 radical (unpaired) electrons. The molecule has 0 saturated carbocycles. The topological polar surface area (TPSA) is 49.7 Å². The van der Waals surface area contributed by atoms with Gasteiger partial charge in [-0.2, -0.15) is 0 Å². The highest BCUT2D eigenvalue weighted by atomic mass is 16.5. The predicted molar refractivity (Wildman–Crippen MR) is 54.9 cm³/mol. The van der Waals surface area contributed by atoms with Crippen LogP contribution < -0.4 is 4.74 Å². The van der Waals surface area contributed by atoms with E-state index in [-0.39, 0.29) is 18.3 Å². The molecule has 1 atom stereocenters. The van der Waals surface area contributed by atoms with Gasteiger partial charge in [0.2, 0.25) is 0 Å². The molecule has 1 aromatic carbocycles. The van der Waals surface area contributed by atoms with Gasteiger partial charge in [-0.15, -0.1) is 0 Å². The molecule has 2 N–H and O–H groups in total. The van der Waals surface area contributed by atoms with E-state index in [4.69, 9.17) is 9.84 Å². The zero-order valence-corrected chi connectivity index (χ0v) is 8.74. The van der Waals surface area contributed by atoms with Crippen LogP contribution in [0.2, 0.25) is 0 Å². The fourth-order valence-electron chi connectivity index (χ4n) is 1.39. The normalized spacial score (nSPS) is 12.6. The van der Waals surface area contributed by atoms with E-state index in [0.717, 1.165) is 11.1 Å². The second-order valence-electron chi connectivity index (χ2n) is 3.44. The average Bonchev–Trinajstić information content (AvgIpc) is 2.20. The van der Waals surface area contributed by atoms with Crippen molar-refractivity contribution in [1.29, 1.82) is 0 Å². The van der Waals surface area contributed by atoms with Gasteiger partial charge < -0.3 is 14.9 Å². The van der Waals surface area contributed by atoms with Crippen LogP contribution in [-0.4, -0.2) is 23.9 Å². The molecule has 0 amide bonds. The smallest absolute Gasteiger partial charge is 0.164 e. The summed E-state index contributed by atoms with van der Waals surface area (Å²) in [6.45, 7) is 3.73. The Kier molecular flexibility index (Phi) is 3.36. The van der Waals surface area contributed by atoms with Gasteiger partial charge >= 0.3 is 0 Å². The van der Waals surface area contributed by atoms with E-state index in [1.165, 1.54) is 7.11 Å². The van der Waals surface area contributed by atoms with E-state index in [1.54, 1.807) is 0 Å². The lowest BCUT2D eigenvalue weighted by Gasteiger charge is -2.15. The maximum atomic E-state index is 9.72. The van der Waals surface area contributed by atoms with Gasteiger partial charge in [0.25, 0.3) is 0 Å². The third-order valence-corrected chi connectivity index (χ3v) is 2.37. The molecule has 14 heavy (non-hydrogen) atoms. The van der Waals surface area contributed by atoms with Gasteiger partial charge in [-0.25, -0.2) is 0 Å². The summed E-state index contributed by atoms with van der Waals surface area (Å²) in [7, 11) is 1.52. The fourth-order valence-corrected chi connectivity index (χ4v) is 1.39. The summed E-state index contributed by atoms with van der Waals surface area (Å²) >= 11 is 0. The molecule has 1 unspecified atom stereocenters. The standard InChI is InChI=1S/C11H16O3/c1-7-4-5-9(8(2)6-12)11(14-3)10(7)13/h4-5,8,12-13H,6H2,1-3H3. The predicted octanol–water partition coefficient (Wildman–Crippen LogP) is 1.81. The highest BCUT2D eigenvalue weighted by Gasteiger charge is 2.15. The van der Waals surface area contributed by atoms with E-state index in [2.05, 4.69) is 0 Å². The third kappa shape index (κ3) is 1.82. The fraction of sp³-hybridized carbons (Fsp3) is 0.455. The van der Waals surface area contributed by atoms with E-state index in [0.29, 0.717) is 5.75 Å². The molecule has 3 nitrogen and oxygen atoms in total. The number of methoxy groups -OCH3 is 1. The van der Waals surface area contributed by atoms with E-state index >= 15 is 0 Å². The van der Waals surface area contributed by atoms with Crippen LogP contribution in [0.5, 0.6) is 11.5 Å². The molecule has 1 rings (SSSR count). The average molecular weight is 196 g/mol. The van der Waals surface area contributed by atoms with Crippen molar-refractivity contribution >= 4 is 0 Å². The number of aryl methyl sites for hydroxylation is 1. The number of aliphatic hydroxyl groups is 1. The molecule has 0 aliphatic carbocycles. The molecule has 0 bridgehead atoms. The van der Waals surface area contributed by atoms with Gasteiger partial charge in [-0.1, -0.05) is 19.1 Å². The van der Waals surface area contributed by atoms with E-state index in [9.17, 15) is 5.11 Å². The maximum Gasteiger partial charge on any atom is 0.164 e. The first-order chi connectivity index (χ1) is 6.61. The van der Waals surface area contributed by atoms with Gasteiger partial charge in [0.15, 0.2) is 11.5 Å². The van der Waals surface area contributed by atoms with Crippen molar-refractivity contribution in [2.75, 3.05) is 13.7 Å². The lowest BCUT2D eigenvalue weighted by atomic mass is 9.99. The first-order valence-corrected chi connectivity index (χ1v) is 4.59. The molecule has 0 saturated heterocycles. The zero-order valence-electron chi connectivity index (χ0n) is 8.74. The Morgan fingerprint density at radius 2 is 2.07 bits per heavy atom. The zero-order chi connectivity index (χ0) is 10.7. The molecule has 1 aromatic rings. The van der Waals surface area contributed by atoms with Crippen molar-refractivity contribution in [2.45, 2.75) is 19.8 Å². The maximum absolute atomic E-state index is 9.72. The second kappa shape index (κ2) is 4.33. The molecule has 3 heteroatoms. The van der Waals surface area contributed by atoms with Crippen LogP contribution in [0.4, 0.5) is 0 Å². The molecular weight excluding hydrogens is 180 g/mol. The van der Waals surface area contributed by atoms with Crippen LogP contribution >= 0.6 is 0 Å².